The second kappa shape index (κ2) is 6.62. The molecule has 7 heteroatoms. The summed E-state index contributed by atoms with van der Waals surface area (Å²) in [6, 6.07) is 4.49. The van der Waals surface area contributed by atoms with Crippen LogP contribution in [-0.4, -0.2) is 17.0 Å². The Bertz CT molecular complexity index is 713. The fourth-order valence-electron chi connectivity index (χ4n) is 2.01. The zero-order valence-electron chi connectivity index (χ0n) is 11.6. The maximum absolute atomic E-state index is 13.5. The first kappa shape index (κ1) is 16.0. The Kier molecular flexibility index (Phi) is 4.82. The lowest BCUT2D eigenvalue weighted by Gasteiger charge is -2.17. The average molecular weight is 326 g/mol. The summed E-state index contributed by atoms with van der Waals surface area (Å²) in [6.45, 7) is 1.61. The molecule has 0 aliphatic carbocycles. The topological polar surface area (TPSA) is 79.5 Å². The minimum atomic E-state index is -1.12. The van der Waals surface area contributed by atoms with Crippen molar-refractivity contribution in [3.8, 4) is 0 Å². The van der Waals surface area contributed by atoms with Crippen LogP contribution < -0.4 is 5.32 Å². The third kappa shape index (κ3) is 3.65. The Morgan fingerprint density at radius 1 is 1.41 bits per heavy atom. The molecule has 0 aliphatic heterocycles. The van der Waals surface area contributed by atoms with Gasteiger partial charge in [-0.2, -0.15) is 0 Å². The predicted octanol–water partition coefficient (Wildman–Crippen LogP) is 3.33. The number of carboxylic acids is 1. The van der Waals surface area contributed by atoms with E-state index in [-0.39, 0.29) is 11.4 Å². The van der Waals surface area contributed by atoms with Gasteiger partial charge >= 0.3 is 5.97 Å². The summed E-state index contributed by atoms with van der Waals surface area (Å²) in [6.07, 6.45) is 0.974. The number of carboxylic acid groups (broad SMARTS) is 1. The van der Waals surface area contributed by atoms with Crippen LogP contribution in [0.25, 0.3) is 0 Å². The van der Waals surface area contributed by atoms with Gasteiger partial charge in [0, 0.05) is 0 Å². The molecule has 0 bridgehead atoms. The number of halogens is 2. The van der Waals surface area contributed by atoms with E-state index in [9.17, 15) is 14.0 Å². The molecule has 0 radical (unpaired) electrons. The highest BCUT2D eigenvalue weighted by molar-refractivity contribution is 6.30. The summed E-state index contributed by atoms with van der Waals surface area (Å²) in [5.74, 6) is -1.88. The number of carbonyl (C=O) groups is 2. The molecule has 5 nitrogen and oxygen atoms in total. The van der Waals surface area contributed by atoms with E-state index >= 15 is 0 Å². The molecule has 0 saturated carbocycles. The van der Waals surface area contributed by atoms with Gasteiger partial charge in [0.05, 0.1) is 29.3 Å². The van der Waals surface area contributed by atoms with E-state index in [1.807, 2.05) is 0 Å². The predicted molar refractivity (Wildman–Crippen MR) is 77.3 cm³/mol. The lowest BCUT2D eigenvalue weighted by molar-refractivity contribution is -0.137. The van der Waals surface area contributed by atoms with Gasteiger partial charge in [0.15, 0.2) is 0 Å². The molecule has 1 atom stereocenters. The van der Waals surface area contributed by atoms with Gasteiger partial charge in [-0.3, -0.25) is 9.59 Å². The summed E-state index contributed by atoms with van der Waals surface area (Å²) in [7, 11) is 0. The van der Waals surface area contributed by atoms with Gasteiger partial charge in [0.2, 0.25) is 0 Å². The molecule has 1 aromatic heterocycles. The Morgan fingerprint density at radius 2 is 2.14 bits per heavy atom. The molecule has 0 unspecified atom stereocenters. The quantitative estimate of drug-likeness (QED) is 0.883. The Hall–Kier alpha value is -2.34. The van der Waals surface area contributed by atoms with Gasteiger partial charge in [-0.15, -0.1) is 0 Å². The minimum absolute atomic E-state index is 0.0742. The summed E-state index contributed by atoms with van der Waals surface area (Å²) in [5, 5.41) is 11.5. The maximum Gasteiger partial charge on any atom is 0.305 e. The molecule has 22 heavy (non-hydrogen) atoms. The van der Waals surface area contributed by atoms with Crippen molar-refractivity contribution in [3.05, 3.63) is 58.3 Å². The molecule has 1 aromatic carbocycles. The van der Waals surface area contributed by atoms with Gasteiger partial charge in [-0.05, 0) is 30.7 Å². The van der Waals surface area contributed by atoms with Gasteiger partial charge in [-0.1, -0.05) is 17.7 Å². The van der Waals surface area contributed by atoms with Gasteiger partial charge in [-0.25, -0.2) is 4.39 Å². The van der Waals surface area contributed by atoms with Crippen molar-refractivity contribution >= 4 is 23.5 Å². The van der Waals surface area contributed by atoms with Crippen LogP contribution in [0.5, 0.6) is 0 Å². The van der Waals surface area contributed by atoms with E-state index in [1.165, 1.54) is 24.5 Å². The highest BCUT2D eigenvalue weighted by Gasteiger charge is 2.21. The summed E-state index contributed by atoms with van der Waals surface area (Å²) in [5.41, 5.74) is 0.614. The second-order valence-corrected chi connectivity index (χ2v) is 5.10. The van der Waals surface area contributed by atoms with Gasteiger partial charge < -0.3 is 14.8 Å². The van der Waals surface area contributed by atoms with Crippen LogP contribution in [0.4, 0.5) is 4.39 Å². The number of rotatable bonds is 5. The maximum atomic E-state index is 13.5. The van der Waals surface area contributed by atoms with Crippen molar-refractivity contribution in [1.29, 1.82) is 0 Å². The number of nitrogens with one attached hydrogen (secondary N) is 1. The fraction of sp³-hybridized carbons (Fsp3) is 0.200. The molecule has 116 valence electrons. The monoisotopic (exact) mass is 325 g/mol. The molecular weight excluding hydrogens is 313 g/mol. The minimum Gasteiger partial charge on any atom is -0.481 e. The van der Waals surface area contributed by atoms with E-state index in [0.717, 1.165) is 6.07 Å². The van der Waals surface area contributed by atoms with Gasteiger partial charge in [0.25, 0.3) is 5.91 Å². The molecular formula is C15H13ClFNO4. The highest BCUT2D eigenvalue weighted by Crippen LogP contribution is 2.23. The first-order chi connectivity index (χ1) is 10.4. The van der Waals surface area contributed by atoms with E-state index in [1.54, 1.807) is 6.92 Å². The van der Waals surface area contributed by atoms with Crippen LogP contribution >= 0.6 is 11.6 Å². The van der Waals surface area contributed by atoms with Gasteiger partial charge in [0.1, 0.15) is 11.6 Å². The number of amides is 1. The first-order valence-corrected chi connectivity index (χ1v) is 6.78. The van der Waals surface area contributed by atoms with Crippen molar-refractivity contribution in [2.24, 2.45) is 0 Å². The standard InChI is InChI=1S/C15H13ClFNO4/c1-8-10(4-5-22-8)15(21)18-13(7-14(19)20)9-2-3-11(16)12(17)6-9/h2-6,13H,7H2,1H3,(H,18,21)(H,19,20)/t13-/m1/s1. The summed E-state index contributed by atoms with van der Waals surface area (Å²) >= 11 is 5.61. The number of furan rings is 1. The number of hydrogen-bond donors (Lipinski definition) is 2. The Balaban J connectivity index is 2.26. The third-order valence-electron chi connectivity index (χ3n) is 3.13. The molecule has 0 fully saturated rings. The third-order valence-corrected chi connectivity index (χ3v) is 3.44. The number of carbonyl (C=O) groups excluding carboxylic acids is 1. The Labute approximate surface area is 130 Å². The van der Waals surface area contributed by atoms with Crippen LogP contribution in [0.3, 0.4) is 0 Å². The zero-order chi connectivity index (χ0) is 16.3. The van der Waals surface area contributed by atoms with E-state index < -0.39 is 23.7 Å². The molecule has 0 aliphatic rings. The van der Waals surface area contributed by atoms with Crippen molar-refractivity contribution in [2.45, 2.75) is 19.4 Å². The molecule has 0 spiro atoms. The van der Waals surface area contributed by atoms with E-state index in [4.69, 9.17) is 21.1 Å². The molecule has 2 aromatic rings. The Morgan fingerprint density at radius 3 is 2.68 bits per heavy atom. The van der Waals surface area contributed by atoms with Crippen LogP contribution in [0, 0.1) is 12.7 Å². The van der Waals surface area contributed by atoms with E-state index in [0.29, 0.717) is 16.9 Å². The average Bonchev–Trinajstić information content (AvgIpc) is 2.87. The lowest BCUT2D eigenvalue weighted by atomic mass is 10.0. The van der Waals surface area contributed by atoms with Crippen molar-refractivity contribution in [2.75, 3.05) is 0 Å². The first-order valence-electron chi connectivity index (χ1n) is 6.40. The highest BCUT2D eigenvalue weighted by atomic mass is 35.5. The molecule has 1 heterocycles. The molecule has 2 N–H and O–H groups in total. The SMILES string of the molecule is Cc1occc1C(=O)N[C@H](CC(=O)O)c1ccc(Cl)c(F)c1. The van der Waals surface area contributed by atoms with Crippen LogP contribution in [0.1, 0.15) is 34.1 Å². The molecule has 0 saturated heterocycles. The largest absolute Gasteiger partial charge is 0.481 e. The van der Waals surface area contributed by atoms with Crippen LogP contribution in [-0.2, 0) is 4.79 Å². The molecule has 1 amide bonds. The zero-order valence-corrected chi connectivity index (χ0v) is 12.4. The number of hydrogen-bond acceptors (Lipinski definition) is 3. The smallest absolute Gasteiger partial charge is 0.305 e. The summed E-state index contributed by atoms with van der Waals surface area (Å²) in [4.78, 5) is 23.1. The van der Waals surface area contributed by atoms with E-state index in [2.05, 4.69) is 5.32 Å². The van der Waals surface area contributed by atoms with Crippen LogP contribution in [0.2, 0.25) is 5.02 Å². The second-order valence-electron chi connectivity index (χ2n) is 4.69. The van der Waals surface area contributed by atoms with Crippen LogP contribution in [0.15, 0.2) is 34.9 Å². The number of aryl methyl sites for hydroxylation is 1. The van der Waals surface area contributed by atoms with Crippen molar-refractivity contribution in [3.63, 3.8) is 0 Å². The van der Waals surface area contributed by atoms with Crippen molar-refractivity contribution in [1.82, 2.24) is 5.32 Å². The number of aliphatic carboxylic acids is 1. The normalized spacial score (nSPS) is 12.0. The lowest BCUT2D eigenvalue weighted by Crippen LogP contribution is -2.30. The fourth-order valence-corrected chi connectivity index (χ4v) is 2.13. The summed E-state index contributed by atoms with van der Waals surface area (Å²) < 4.78 is 18.6. The molecule has 2 rings (SSSR count). The van der Waals surface area contributed by atoms with Crippen molar-refractivity contribution < 1.29 is 23.5 Å². The number of benzene rings is 1.